The van der Waals surface area contributed by atoms with Crippen LogP contribution in [0.25, 0.3) is 5.57 Å². The van der Waals surface area contributed by atoms with Gasteiger partial charge in [-0.05, 0) is 30.2 Å². The Balaban J connectivity index is 1.61. The van der Waals surface area contributed by atoms with Crippen LogP contribution in [0.3, 0.4) is 0 Å². The lowest BCUT2D eigenvalue weighted by Crippen LogP contribution is -2.47. The van der Waals surface area contributed by atoms with E-state index in [1.807, 2.05) is 30.3 Å². The van der Waals surface area contributed by atoms with Crippen molar-refractivity contribution in [1.82, 2.24) is 9.80 Å². The van der Waals surface area contributed by atoms with Crippen LogP contribution in [-0.4, -0.2) is 54.8 Å². The van der Waals surface area contributed by atoms with Gasteiger partial charge in [0.15, 0.2) is 0 Å². The molecule has 0 radical (unpaired) electrons. The summed E-state index contributed by atoms with van der Waals surface area (Å²) in [7, 11) is 1.56. The van der Waals surface area contributed by atoms with Gasteiger partial charge in [0.2, 0.25) is 0 Å². The fourth-order valence-electron chi connectivity index (χ4n) is 3.80. The van der Waals surface area contributed by atoms with Crippen LogP contribution in [0, 0.1) is 6.92 Å². The van der Waals surface area contributed by atoms with Gasteiger partial charge in [-0.2, -0.15) is 0 Å². The second kappa shape index (κ2) is 6.91. The molecule has 2 heterocycles. The summed E-state index contributed by atoms with van der Waals surface area (Å²) in [5.41, 5.74) is 4.31. The van der Waals surface area contributed by atoms with Crippen LogP contribution in [0.5, 0.6) is 0 Å². The maximum absolute atomic E-state index is 12.8. The predicted molar refractivity (Wildman–Crippen MR) is 106 cm³/mol. The Hall–Kier alpha value is -3.08. The second-order valence-corrected chi connectivity index (χ2v) is 7.07. The molecule has 2 aromatic carbocycles. The number of hydrogen-bond acceptors (Lipinski definition) is 4. The summed E-state index contributed by atoms with van der Waals surface area (Å²) >= 11 is 0. The Kier molecular flexibility index (Phi) is 4.44. The Morgan fingerprint density at radius 2 is 1.44 bits per heavy atom. The van der Waals surface area contributed by atoms with E-state index in [-0.39, 0.29) is 11.8 Å². The maximum atomic E-state index is 12.8. The fraction of sp³-hybridized carbons (Fsp3) is 0.273. The molecule has 5 nitrogen and oxygen atoms in total. The third-order valence-corrected chi connectivity index (χ3v) is 5.29. The second-order valence-electron chi connectivity index (χ2n) is 7.07. The lowest BCUT2D eigenvalue weighted by atomic mass is 10.0. The van der Waals surface area contributed by atoms with Gasteiger partial charge in [0.25, 0.3) is 11.8 Å². The first-order valence-corrected chi connectivity index (χ1v) is 9.25. The monoisotopic (exact) mass is 361 g/mol. The zero-order valence-electron chi connectivity index (χ0n) is 15.7. The lowest BCUT2D eigenvalue weighted by molar-refractivity contribution is -0.135. The number of likely N-dealkylation sites (N-methyl/N-ethyl adjacent to an activating group) is 1. The molecule has 27 heavy (non-hydrogen) atoms. The van der Waals surface area contributed by atoms with Crippen LogP contribution in [0.2, 0.25) is 0 Å². The Morgan fingerprint density at radius 1 is 0.778 bits per heavy atom. The molecule has 0 atom stereocenters. The number of imide groups is 1. The molecule has 138 valence electrons. The summed E-state index contributed by atoms with van der Waals surface area (Å²) in [6, 6.07) is 18.0. The quantitative estimate of drug-likeness (QED) is 0.788. The SMILES string of the molecule is Cc1cccc(N2CCN(C3=C(c4ccccc4)C(=O)N(C)C3=O)CC2)c1. The topological polar surface area (TPSA) is 43.9 Å². The van der Waals surface area contributed by atoms with Crippen molar-refractivity contribution in [3.63, 3.8) is 0 Å². The highest BCUT2D eigenvalue weighted by Crippen LogP contribution is 2.31. The first-order valence-electron chi connectivity index (χ1n) is 9.25. The summed E-state index contributed by atoms with van der Waals surface area (Å²) in [6.45, 7) is 5.16. The van der Waals surface area contributed by atoms with Crippen molar-refractivity contribution < 1.29 is 9.59 Å². The van der Waals surface area contributed by atoms with Gasteiger partial charge in [0, 0.05) is 38.9 Å². The molecule has 0 aliphatic carbocycles. The highest BCUT2D eigenvalue weighted by atomic mass is 16.2. The van der Waals surface area contributed by atoms with Crippen LogP contribution in [0.4, 0.5) is 5.69 Å². The van der Waals surface area contributed by atoms with Crippen molar-refractivity contribution in [2.24, 2.45) is 0 Å². The highest BCUT2D eigenvalue weighted by molar-refractivity contribution is 6.35. The summed E-state index contributed by atoms with van der Waals surface area (Å²) < 4.78 is 0. The largest absolute Gasteiger partial charge is 0.368 e. The molecule has 0 saturated carbocycles. The summed E-state index contributed by atoms with van der Waals surface area (Å²) in [5.74, 6) is -0.426. The van der Waals surface area contributed by atoms with E-state index in [2.05, 4.69) is 41.0 Å². The first-order chi connectivity index (χ1) is 13.1. The molecule has 2 amide bonds. The van der Waals surface area contributed by atoms with Gasteiger partial charge in [-0.25, -0.2) is 0 Å². The van der Waals surface area contributed by atoms with Crippen molar-refractivity contribution in [1.29, 1.82) is 0 Å². The number of anilines is 1. The van der Waals surface area contributed by atoms with Crippen molar-refractivity contribution in [2.45, 2.75) is 6.92 Å². The van der Waals surface area contributed by atoms with Gasteiger partial charge < -0.3 is 9.80 Å². The average molecular weight is 361 g/mol. The number of piperazine rings is 1. The number of aryl methyl sites for hydroxylation is 1. The zero-order valence-corrected chi connectivity index (χ0v) is 15.7. The van der Waals surface area contributed by atoms with Gasteiger partial charge >= 0.3 is 0 Å². The van der Waals surface area contributed by atoms with Crippen LogP contribution in [-0.2, 0) is 9.59 Å². The highest BCUT2D eigenvalue weighted by Gasteiger charge is 2.40. The molecule has 1 fully saturated rings. The Morgan fingerprint density at radius 3 is 2.11 bits per heavy atom. The summed E-state index contributed by atoms with van der Waals surface area (Å²) in [4.78, 5) is 31.1. The molecule has 2 aliphatic heterocycles. The zero-order chi connectivity index (χ0) is 19.0. The number of rotatable bonds is 3. The molecule has 0 aromatic heterocycles. The van der Waals surface area contributed by atoms with Gasteiger partial charge in [0.05, 0.1) is 5.57 Å². The predicted octanol–water partition coefficient (Wildman–Crippen LogP) is 2.53. The lowest BCUT2D eigenvalue weighted by Gasteiger charge is -2.37. The number of carbonyl (C=O) groups excluding carboxylic acids is 2. The van der Waals surface area contributed by atoms with Crippen LogP contribution in [0.1, 0.15) is 11.1 Å². The Labute approximate surface area is 159 Å². The third kappa shape index (κ3) is 3.10. The van der Waals surface area contributed by atoms with Gasteiger partial charge in [-0.15, -0.1) is 0 Å². The minimum atomic E-state index is -0.220. The summed E-state index contributed by atoms with van der Waals surface area (Å²) in [6.07, 6.45) is 0. The molecular weight excluding hydrogens is 338 g/mol. The molecule has 2 aromatic rings. The molecular formula is C22H23N3O2. The van der Waals surface area contributed by atoms with E-state index in [9.17, 15) is 9.59 Å². The number of hydrogen-bond donors (Lipinski definition) is 0. The van der Waals surface area contributed by atoms with Gasteiger partial charge in [0.1, 0.15) is 5.70 Å². The van der Waals surface area contributed by atoms with E-state index >= 15 is 0 Å². The summed E-state index contributed by atoms with van der Waals surface area (Å²) in [5, 5.41) is 0. The molecule has 4 rings (SSSR count). The molecule has 0 N–H and O–H groups in total. The number of amides is 2. The van der Waals surface area contributed by atoms with Crippen molar-refractivity contribution in [3.05, 3.63) is 71.4 Å². The number of nitrogens with zero attached hydrogens (tertiary/aromatic N) is 3. The van der Waals surface area contributed by atoms with Crippen molar-refractivity contribution in [3.8, 4) is 0 Å². The van der Waals surface area contributed by atoms with Crippen LogP contribution < -0.4 is 4.90 Å². The normalized spacial score (nSPS) is 17.9. The molecule has 0 bridgehead atoms. The van der Waals surface area contributed by atoms with E-state index in [0.29, 0.717) is 24.4 Å². The Bertz CT molecular complexity index is 912. The van der Waals surface area contributed by atoms with Crippen LogP contribution >= 0.6 is 0 Å². The fourth-order valence-corrected chi connectivity index (χ4v) is 3.80. The minimum Gasteiger partial charge on any atom is -0.368 e. The molecule has 2 aliphatic rings. The van der Waals surface area contributed by atoms with E-state index in [1.165, 1.54) is 16.2 Å². The van der Waals surface area contributed by atoms with Crippen LogP contribution in [0.15, 0.2) is 60.3 Å². The van der Waals surface area contributed by atoms with E-state index in [0.717, 1.165) is 18.7 Å². The average Bonchev–Trinajstić information content (AvgIpc) is 2.93. The number of carbonyl (C=O) groups is 2. The molecule has 0 unspecified atom stereocenters. The molecule has 5 heteroatoms. The number of benzene rings is 2. The van der Waals surface area contributed by atoms with E-state index < -0.39 is 0 Å². The van der Waals surface area contributed by atoms with Crippen molar-refractivity contribution in [2.75, 3.05) is 38.1 Å². The minimum absolute atomic E-state index is 0.206. The van der Waals surface area contributed by atoms with Gasteiger partial charge in [-0.1, -0.05) is 42.5 Å². The molecule has 1 saturated heterocycles. The molecule has 0 spiro atoms. The van der Waals surface area contributed by atoms with E-state index in [4.69, 9.17) is 0 Å². The standard InChI is InChI=1S/C22H23N3O2/c1-16-7-6-10-18(15-16)24-11-13-25(14-12-24)20-19(17-8-4-3-5-9-17)21(26)23(2)22(20)27/h3-10,15H,11-14H2,1-2H3. The smallest absolute Gasteiger partial charge is 0.277 e. The van der Waals surface area contributed by atoms with Crippen molar-refractivity contribution >= 4 is 23.1 Å². The van der Waals surface area contributed by atoms with E-state index in [1.54, 1.807) is 7.05 Å². The van der Waals surface area contributed by atoms with Gasteiger partial charge in [-0.3, -0.25) is 14.5 Å². The maximum Gasteiger partial charge on any atom is 0.277 e. The first kappa shape index (κ1) is 17.3. The third-order valence-electron chi connectivity index (χ3n) is 5.29.